The number of thiophene rings is 1. The van der Waals surface area contributed by atoms with Gasteiger partial charge in [-0.3, -0.25) is 9.59 Å². The zero-order chi connectivity index (χ0) is 24.7. The minimum atomic E-state index is -1.01. The first-order valence-corrected chi connectivity index (χ1v) is 13.6. The van der Waals surface area contributed by atoms with E-state index in [1.165, 1.54) is 0 Å². The first kappa shape index (κ1) is 26.4. The molecule has 1 aliphatic rings. The number of hydrogen-bond donors (Lipinski definition) is 2. The van der Waals surface area contributed by atoms with Gasteiger partial charge in [0.25, 0.3) is 0 Å². The van der Waals surface area contributed by atoms with Crippen molar-refractivity contribution in [3.63, 3.8) is 0 Å². The van der Waals surface area contributed by atoms with Gasteiger partial charge in [-0.2, -0.15) is 0 Å². The van der Waals surface area contributed by atoms with Crippen LogP contribution in [0.15, 0.2) is 42.5 Å². The van der Waals surface area contributed by atoms with Crippen LogP contribution in [-0.4, -0.2) is 40.8 Å². The maximum absolute atomic E-state index is 13.5. The number of nitrogens with one attached hydrogen (secondary N) is 2. The highest BCUT2D eigenvalue weighted by Crippen LogP contribution is 2.32. The van der Waals surface area contributed by atoms with Crippen LogP contribution in [-0.2, 0) is 25.5 Å². The number of benzene rings is 1. The van der Waals surface area contributed by atoms with E-state index in [1.807, 2.05) is 56.3 Å². The molecule has 0 saturated heterocycles. The fraction of sp³-hybridized carbons (Fsp3) is 0.500. The summed E-state index contributed by atoms with van der Waals surface area (Å²) in [4.78, 5) is 40.7. The standard InChI is InChI=1S/C26H33BrN2O4S/c1-4-33-24(31)20(16-19-12-13-21(34-19)18-10-6-5-7-11-18)28-25(32)26(14-8-9-15-26)29-23(30)22(27)17(2)3/h5-7,10-13,17,20,22H,4,8-9,14-16H2,1-3H3,(H,28,32)(H,29,30)/t20?,22-/m1/s1. The number of carbonyl (C=O) groups excluding carboxylic acids is 3. The molecule has 0 aliphatic heterocycles. The van der Waals surface area contributed by atoms with Crippen molar-refractivity contribution in [2.45, 2.75) is 69.3 Å². The van der Waals surface area contributed by atoms with Gasteiger partial charge in [-0.15, -0.1) is 11.3 Å². The highest BCUT2D eigenvalue weighted by Gasteiger charge is 2.44. The molecule has 1 saturated carbocycles. The molecule has 2 amide bonds. The summed E-state index contributed by atoms with van der Waals surface area (Å²) in [5.74, 6) is -0.901. The Morgan fingerprint density at radius 2 is 1.76 bits per heavy atom. The van der Waals surface area contributed by atoms with Crippen molar-refractivity contribution in [1.29, 1.82) is 0 Å². The molecule has 1 aromatic carbocycles. The second-order valence-corrected chi connectivity index (χ2v) is 11.2. The van der Waals surface area contributed by atoms with Gasteiger partial charge in [0.1, 0.15) is 11.6 Å². The lowest BCUT2D eigenvalue weighted by Gasteiger charge is -2.32. The molecule has 1 fully saturated rings. The summed E-state index contributed by atoms with van der Waals surface area (Å²) in [5.41, 5.74) is 0.102. The van der Waals surface area contributed by atoms with Crippen LogP contribution in [0.2, 0.25) is 0 Å². The molecule has 2 atom stereocenters. The van der Waals surface area contributed by atoms with Crippen molar-refractivity contribution in [2.24, 2.45) is 5.92 Å². The molecule has 6 nitrogen and oxygen atoms in total. The summed E-state index contributed by atoms with van der Waals surface area (Å²) in [5, 5.41) is 5.91. The Kier molecular flexibility index (Phi) is 9.31. The highest BCUT2D eigenvalue weighted by atomic mass is 79.9. The molecule has 2 N–H and O–H groups in total. The van der Waals surface area contributed by atoms with Crippen LogP contribution in [0.3, 0.4) is 0 Å². The Bertz CT molecular complexity index is 986. The third-order valence-electron chi connectivity index (χ3n) is 6.09. The van der Waals surface area contributed by atoms with Gasteiger partial charge in [0, 0.05) is 16.2 Å². The van der Waals surface area contributed by atoms with Crippen molar-refractivity contribution in [3.05, 3.63) is 47.3 Å². The third-order valence-corrected chi connectivity index (χ3v) is 8.72. The van der Waals surface area contributed by atoms with E-state index in [0.29, 0.717) is 19.3 Å². The SMILES string of the molecule is CCOC(=O)C(Cc1ccc(-c2ccccc2)s1)NC(=O)C1(NC(=O)[C@H](Br)C(C)C)CCCC1. The van der Waals surface area contributed by atoms with E-state index in [2.05, 4.69) is 26.6 Å². The first-order chi connectivity index (χ1) is 16.3. The van der Waals surface area contributed by atoms with E-state index in [-0.39, 0.29) is 29.2 Å². The molecule has 34 heavy (non-hydrogen) atoms. The summed E-state index contributed by atoms with van der Waals surface area (Å²) in [6.07, 6.45) is 3.12. The molecular weight excluding hydrogens is 516 g/mol. The molecule has 0 bridgehead atoms. The predicted molar refractivity (Wildman–Crippen MR) is 139 cm³/mol. The Hall–Kier alpha value is -2.19. The number of halogens is 1. The van der Waals surface area contributed by atoms with E-state index in [4.69, 9.17) is 4.74 Å². The number of alkyl halides is 1. The van der Waals surface area contributed by atoms with E-state index in [9.17, 15) is 14.4 Å². The largest absolute Gasteiger partial charge is 0.464 e. The van der Waals surface area contributed by atoms with E-state index >= 15 is 0 Å². The summed E-state index contributed by atoms with van der Waals surface area (Å²) in [6.45, 7) is 5.87. The molecule has 3 rings (SSSR count). The molecule has 2 aromatic rings. The average Bonchev–Trinajstić information content (AvgIpc) is 3.49. The fourth-order valence-electron chi connectivity index (χ4n) is 4.17. The van der Waals surface area contributed by atoms with Crippen LogP contribution in [0.4, 0.5) is 0 Å². The number of rotatable bonds is 10. The summed E-state index contributed by atoms with van der Waals surface area (Å²) >= 11 is 5.02. The topological polar surface area (TPSA) is 84.5 Å². The number of carbonyl (C=O) groups is 3. The van der Waals surface area contributed by atoms with Crippen LogP contribution in [0.1, 0.15) is 51.3 Å². The van der Waals surface area contributed by atoms with Crippen molar-refractivity contribution in [3.8, 4) is 10.4 Å². The Morgan fingerprint density at radius 3 is 2.38 bits per heavy atom. The zero-order valence-electron chi connectivity index (χ0n) is 19.9. The zero-order valence-corrected chi connectivity index (χ0v) is 22.3. The van der Waals surface area contributed by atoms with Crippen LogP contribution in [0.25, 0.3) is 10.4 Å². The maximum atomic E-state index is 13.5. The molecule has 0 radical (unpaired) electrons. The van der Waals surface area contributed by atoms with Gasteiger partial charge in [0.2, 0.25) is 11.8 Å². The number of amides is 2. The number of esters is 1. The summed E-state index contributed by atoms with van der Waals surface area (Å²) in [6, 6.07) is 13.2. The van der Waals surface area contributed by atoms with Gasteiger partial charge in [-0.25, -0.2) is 4.79 Å². The van der Waals surface area contributed by atoms with Gasteiger partial charge < -0.3 is 15.4 Å². The molecule has 1 aromatic heterocycles. The van der Waals surface area contributed by atoms with Crippen LogP contribution < -0.4 is 10.6 Å². The van der Waals surface area contributed by atoms with Crippen molar-refractivity contribution in [2.75, 3.05) is 6.61 Å². The average molecular weight is 550 g/mol. The third kappa shape index (κ3) is 6.48. The van der Waals surface area contributed by atoms with Crippen LogP contribution in [0, 0.1) is 5.92 Å². The van der Waals surface area contributed by atoms with E-state index in [0.717, 1.165) is 28.2 Å². The molecular formula is C26H33BrN2O4S. The number of ether oxygens (including phenoxy) is 1. The Balaban J connectivity index is 1.77. The fourth-order valence-corrected chi connectivity index (χ4v) is 5.35. The normalized spacial score (nSPS) is 16.6. The van der Waals surface area contributed by atoms with Gasteiger partial charge >= 0.3 is 5.97 Å². The second kappa shape index (κ2) is 12.0. The highest BCUT2D eigenvalue weighted by molar-refractivity contribution is 9.10. The lowest BCUT2D eigenvalue weighted by molar-refractivity contribution is -0.148. The maximum Gasteiger partial charge on any atom is 0.329 e. The second-order valence-electron chi connectivity index (χ2n) is 9.04. The molecule has 0 spiro atoms. The summed E-state index contributed by atoms with van der Waals surface area (Å²) < 4.78 is 5.27. The minimum Gasteiger partial charge on any atom is -0.464 e. The van der Waals surface area contributed by atoms with Crippen molar-refractivity contribution in [1.82, 2.24) is 10.6 Å². The van der Waals surface area contributed by atoms with Crippen LogP contribution in [0.5, 0.6) is 0 Å². The monoisotopic (exact) mass is 548 g/mol. The molecule has 1 aliphatic carbocycles. The first-order valence-electron chi connectivity index (χ1n) is 11.8. The predicted octanol–water partition coefficient (Wildman–Crippen LogP) is 4.85. The number of hydrogen-bond acceptors (Lipinski definition) is 5. The lowest BCUT2D eigenvalue weighted by atomic mass is 9.94. The van der Waals surface area contributed by atoms with E-state index in [1.54, 1.807) is 18.3 Å². The van der Waals surface area contributed by atoms with Gasteiger partial charge in [-0.05, 0) is 43.4 Å². The molecule has 1 heterocycles. The Morgan fingerprint density at radius 1 is 1.09 bits per heavy atom. The lowest BCUT2D eigenvalue weighted by Crippen LogP contribution is -2.61. The summed E-state index contributed by atoms with van der Waals surface area (Å²) in [7, 11) is 0. The molecule has 8 heteroatoms. The van der Waals surface area contributed by atoms with Gasteiger partial charge in [-0.1, -0.05) is 73.0 Å². The van der Waals surface area contributed by atoms with Gasteiger partial charge in [0.05, 0.1) is 11.4 Å². The Labute approximate surface area is 214 Å². The smallest absolute Gasteiger partial charge is 0.329 e. The van der Waals surface area contributed by atoms with Crippen molar-refractivity contribution >= 4 is 45.1 Å². The molecule has 184 valence electrons. The quantitative estimate of drug-likeness (QED) is 0.328. The van der Waals surface area contributed by atoms with Crippen molar-refractivity contribution < 1.29 is 19.1 Å². The van der Waals surface area contributed by atoms with E-state index < -0.39 is 17.6 Å². The van der Waals surface area contributed by atoms with Gasteiger partial charge in [0.15, 0.2) is 0 Å². The van der Waals surface area contributed by atoms with Crippen LogP contribution >= 0.6 is 27.3 Å². The molecule has 1 unspecified atom stereocenters. The minimum absolute atomic E-state index is 0.0893.